The van der Waals surface area contributed by atoms with Gasteiger partial charge < -0.3 is 16.2 Å². The van der Waals surface area contributed by atoms with Crippen LogP contribution in [0.2, 0.25) is 0 Å². The fourth-order valence-corrected chi connectivity index (χ4v) is 2.59. The molecule has 0 unspecified atom stereocenters. The van der Waals surface area contributed by atoms with Crippen LogP contribution in [0.4, 0.5) is 0 Å². The SMILES string of the molecule is N/C=C(\N)C[C@@H]1CCC=C(COC(=O)c2ccccc2)C1. The van der Waals surface area contributed by atoms with Crippen LogP contribution in [0.5, 0.6) is 0 Å². The van der Waals surface area contributed by atoms with Gasteiger partial charge in [0.15, 0.2) is 0 Å². The molecule has 0 spiro atoms. The van der Waals surface area contributed by atoms with Crippen molar-refractivity contribution in [2.24, 2.45) is 17.4 Å². The minimum Gasteiger partial charge on any atom is -0.458 e. The lowest BCUT2D eigenvalue weighted by Crippen LogP contribution is -2.15. The van der Waals surface area contributed by atoms with E-state index in [-0.39, 0.29) is 5.97 Å². The van der Waals surface area contributed by atoms with E-state index in [0.717, 1.165) is 31.4 Å². The number of hydrogen-bond donors (Lipinski definition) is 2. The van der Waals surface area contributed by atoms with Gasteiger partial charge in [-0.2, -0.15) is 0 Å². The van der Waals surface area contributed by atoms with E-state index in [1.165, 1.54) is 11.8 Å². The lowest BCUT2D eigenvalue weighted by Gasteiger charge is -2.22. The second kappa shape index (κ2) is 7.53. The Bertz CT molecular complexity index is 535. The molecule has 0 saturated heterocycles. The highest BCUT2D eigenvalue weighted by molar-refractivity contribution is 5.89. The number of benzene rings is 1. The monoisotopic (exact) mass is 286 g/mol. The van der Waals surface area contributed by atoms with Crippen LogP contribution in [-0.4, -0.2) is 12.6 Å². The number of esters is 1. The fourth-order valence-electron chi connectivity index (χ4n) is 2.59. The Morgan fingerprint density at radius 1 is 1.33 bits per heavy atom. The molecular weight excluding hydrogens is 264 g/mol. The van der Waals surface area contributed by atoms with Gasteiger partial charge in [0.25, 0.3) is 0 Å². The molecule has 0 amide bonds. The van der Waals surface area contributed by atoms with E-state index in [2.05, 4.69) is 6.08 Å². The number of allylic oxidation sites excluding steroid dienone is 2. The maximum absolute atomic E-state index is 11.9. The van der Waals surface area contributed by atoms with Crippen LogP contribution in [0, 0.1) is 5.92 Å². The van der Waals surface area contributed by atoms with Crippen molar-refractivity contribution in [1.29, 1.82) is 0 Å². The van der Waals surface area contributed by atoms with E-state index in [4.69, 9.17) is 16.2 Å². The van der Waals surface area contributed by atoms with E-state index >= 15 is 0 Å². The molecule has 0 radical (unpaired) electrons. The van der Waals surface area contributed by atoms with Crippen molar-refractivity contribution < 1.29 is 9.53 Å². The molecular formula is C17H22N2O2. The molecule has 4 nitrogen and oxygen atoms in total. The Hall–Kier alpha value is -2.23. The molecule has 112 valence electrons. The molecule has 4 N–H and O–H groups in total. The molecule has 1 aromatic rings. The number of nitrogens with two attached hydrogens (primary N) is 2. The van der Waals surface area contributed by atoms with E-state index < -0.39 is 0 Å². The number of carbonyl (C=O) groups excluding carboxylic acids is 1. The zero-order valence-electron chi connectivity index (χ0n) is 12.1. The second-order valence-corrected chi connectivity index (χ2v) is 5.40. The summed E-state index contributed by atoms with van der Waals surface area (Å²) in [6.45, 7) is 0.358. The number of ether oxygens (including phenoxy) is 1. The number of hydrogen-bond acceptors (Lipinski definition) is 4. The third-order valence-corrected chi connectivity index (χ3v) is 3.70. The zero-order valence-corrected chi connectivity index (χ0v) is 12.1. The summed E-state index contributed by atoms with van der Waals surface area (Å²) in [5.41, 5.74) is 13.7. The number of rotatable bonds is 5. The van der Waals surface area contributed by atoms with Gasteiger partial charge in [-0.3, -0.25) is 0 Å². The highest BCUT2D eigenvalue weighted by Gasteiger charge is 2.17. The summed E-state index contributed by atoms with van der Waals surface area (Å²) in [5, 5.41) is 0. The fraction of sp³-hybridized carbons (Fsp3) is 0.353. The van der Waals surface area contributed by atoms with Gasteiger partial charge in [0.2, 0.25) is 0 Å². The van der Waals surface area contributed by atoms with Gasteiger partial charge in [0, 0.05) is 11.9 Å². The summed E-state index contributed by atoms with van der Waals surface area (Å²) in [6, 6.07) is 9.05. The smallest absolute Gasteiger partial charge is 0.338 e. The van der Waals surface area contributed by atoms with Gasteiger partial charge in [-0.15, -0.1) is 0 Å². The predicted molar refractivity (Wildman–Crippen MR) is 83.2 cm³/mol. The third kappa shape index (κ3) is 4.67. The van der Waals surface area contributed by atoms with Crippen molar-refractivity contribution in [3.63, 3.8) is 0 Å². The average molecular weight is 286 g/mol. The van der Waals surface area contributed by atoms with Crippen LogP contribution in [0.3, 0.4) is 0 Å². The van der Waals surface area contributed by atoms with Gasteiger partial charge in [-0.1, -0.05) is 24.3 Å². The quantitative estimate of drug-likeness (QED) is 0.644. The first-order valence-electron chi connectivity index (χ1n) is 7.25. The minimum absolute atomic E-state index is 0.278. The Labute approximate surface area is 125 Å². The molecule has 1 aliphatic rings. The lowest BCUT2D eigenvalue weighted by atomic mass is 9.86. The van der Waals surface area contributed by atoms with Crippen LogP contribution in [0.15, 0.2) is 53.9 Å². The molecule has 0 saturated carbocycles. The molecule has 0 fully saturated rings. The summed E-state index contributed by atoms with van der Waals surface area (Å²) in [5.74, 6) is 0.209. The summed E-state index contributed by atoms with van der Waals surface area (Å²) in [4.78, 5) is 11.9. The zero-order chi connectivity index (χ0) is 15.1. The second-order valence-electron chi connectivity index (χ2n) is 5.40. The van der Waals surface area contributed by atoms with Gasteiger partial charge in [0.05, 0.1) is 5.56 Å². The minimum atomic E-state index is -0.278. The van der Waals surface area contributed by atoms with Crippen LogP contribution in [0.25, 0.3) is 0 Å². The van der Waals surface area contributed by atoms with Crippen LogP contribution < -0.4 is 11.5 Å². The van der Waals surface area contributed by atoms with Crippen LogP contribution in [0.1, 0.15) is 36.0 Å². The van der Waals surface area contributed by atoms with E-state index in [1.807, 2.05) is 18.2 Å². The van der Waals surface area contributed by atoms with Crippen molar-refractivity contribution in [3.8, 4) is 0 Å². The maximum Gasteiger partial charge on any atom is 0.338 e. The molecule has 1 aliphatic carbocycles. The first-order chi connectivity index (χ1) is 10.2. The Morgan fingerprint density at radius 3 is 2.81 bits per heavy atom. The molecule has 1 atom stereocenters. The summed E-state index contributed by atoms with van der Waals surface area (Å²) >= 11 is 0. The van der Waals surface area contributed by atoms with Gasteiger partial charge >= 0.3 is 5.97 Å². The topological polar surface area (TPSA) is 78.3 Å². The molecule has 21 heavy (non-hydrogen) atoms. The molecule has 0 aromatic heterocycles. The van der Waals surface area contributed by atoms with Crippen molar-refractivity contribution >= 4 is 5.97 Å². The molecule has 0 aliphatic heterocycles. The summed E-state index contributed by atoms with van der Waals surface area (Å²) < 4.78 is 5.37. The Kier molecular flexibility index (Phi) is 5.43. The lowest BCUT2D eigenvalue weighted by molar-refractivity contribution is 0.0533. The predicted octanol–water partition coefficient (Wildman–Crippen LogP) is 2.72. The van der Waals surface area contributed by atoms with Crippen molar-refractivity contribution in [2.75, 3.05) is 6.61 Å². The Balaban J connectivity index is 1.83. The molecule has 0 bridgehead atoms. The van der Waals surface area contributed by atoms with Crippen molar-refractivity contribution in [1.82, 2.24) is 0 Å². The van der Waals surface area contributed by atoms with E-state index in [1.54, 1.807) is 12.1 Å². The largest absolute Gasteiger partial charge is 0.458 e. The van der Waals surface area contributed by atoms with Crippen LogP contribution >= 0.6 is 0 Å². The van der Waals surface area contributed by atoms with Crippen molar-refractivity contribution in [3.05, 3.63) is 59.4 Å². The first kappa shape index (κ1) is 15.2. The highest BCUT2D eigenvalue weighted by Crippen LogP contribution is 2.28. The standard InChI is InChI=1S/C17H22N2O2/c18-11-16(19)10-13-5-4-6-14(9-13)12-21-17(20)15-7-2-1-3-8-15/h1-3,6-8,11,13H,4-5,9-10,12,18-19H2/b16-11-/t13-/m1/s1. The van der Waals surface area contributed by atoms with Gasteiger partial charge in [-0.25, -0.2) is 4.79 Å². The molecule has 2 rings (SSSR count). The van der Waals surface area contributed by atoms with Gasteiger partial charge in [-0.05, 0) is 49.3 Å². The summed E-state index contributed by atoms with van der Waals surface area (Å²) in [6.07, 6.45) is 7.45. The van der Waals surface area contributed by atoms with Gasteiger partial charge in [0.1, 0.15) is 6.61 Å². The van der Waals surface area contributed by atoms with Crippen molar-refractivity contribution in [2.45, 2.75) is 25.7 Å². The van der Waals surface area contributed by atoms with Crippen LogP contribution in [-0.2, 0) is 4.74 Å². The van der Waals surface area contributed by atoms with E-state index in [0.29, 0.717) is 18.1 Å². The molecule has 4 heteroatoms. The number of carbonyl (C=O) groups is 1. The summed E-state index contributed by atoms with van der Waals surface area (Å²) in [7, 11) is 0. The third-order valence-electron chi connectivity index (χ3n) is 3.70. The highest BCUT2D eigenvalue weighted by atomic mass is 16.5. The molecule has 0 heterocycles. The average Bonchev–Trinajstić information content (AvgIpc) is 2.53. The molecule has 1 aromatic carbocycles. The Morgan fingerprint density at radius 2 is 2.10 bits per heavy atom. The first-order valence-corrected chi connectivity index (χ1v) is 7.25. The maximum atomic E-state index is 11.9. The normalized spacial score (nSPS) is 19.0. The van der Waals surface area contributed by atoms with E-state index in [9.17, 15) is 4.79 Å².